The zero-order chi connectivity index (χ0) is 27.4. The van der Waals surface area contributed by atoms with E-state index in [2.05, 4.69) is 141 Å². The van der Waals surface area contributed by atoms with Crippen molar-refractivity contribution in [1.82, 2.24) is 0 Å². The molecule has 5 rings (SSSR count). The zero-order valence-electron chi connectivity index (χ0n) is 25.0. The van der Waals surface area contributed by atoms with Gasteiger partial charge in [0, 0.05) is 0 Å². The molecule has 0 fully saturated rings. The van der Waals surface area contributed by atoms with Gasteiger partial charge in [-0.05, 0) is 17.4 Å². The van der Waals surface area contributed by atoms with Gasteiger partial charge in [-0.1, -0.05) is 119 Å². The molecule has 4 aromatic carbocycles. The monoisotopic (exact) mass is 634 g/mol. The molecule has 0 aliphatic heterocycles. The van der Waals surface area contributed by atoms with Gasteiger partial charge in [0.1, 0.15) is 0 Å². The van der Waals surface area contributed by atoms with Crippen molar-refractivity contribution in [1.29, 1.82) is 0 Å². The van der Waals surface area contributed by atoms with Gasteiger partial charge in [-0.15, -0.1) is 5.56 Å². The van der Waals surface area contributed by atoms with Crippen molar-refractivity contribution in [3.05, 3.63) is 113 Å². The van der Waals surface area contributed by atoms with Crippen LogP contribution in [0, 0.1) is 13.0 Å². The first-order valence-corrected chi connectivity index (χ1v) is 14.5. The summed E-state index contributed by atoms with van der Waals surface area (Å²) < 4.78 is 1.51. The Bertz CT molecular complexity index is 1280. The first-order chi connectivity index (χ1) is 17.3. The van der Waals surface area contributed by atoms with Gasteiger partial charge in [-0.3, -0.25) is 0 Å². The molecule has 0 atom stereocenters. The van der Waals surface area contributed by atoms with Crippen LogP contribution >= 0.6 is 0 Å². The normalized spacial score (nSPS) is 11.4. The number of hydrogen-bond donors (Lipinski definition) is 0. The van der Waals surface area contributed by atoms with E-state index in [0.29, 0.717) is 0 Å². The van der Waals surface area contributed by atoms with Crippen LogP contribution < -0.4 is 24.8 Å². The van der Waals surface area contributed by atoms with Crippen LogP contribution in [-0.4, -0.2) is 3.21 Å². The van der Waals surface area contributed by atoms with Crippen LogP contribution in [0.3, 0.4) is 0 Å². The number of halogens is 2. The second-order valence-electron chi connectivity index (χ2n) is 12.4. The van der Waals surface area contributed by atoms with E-state index in [1.165, 1.54) is 53.3 Å². The van der Waals surface area contributed by atoms with Gasteiger partial charge >= 0.3 is 41.3 Å². The first kappa shape index (κ1) is 35.4. The summed E-state index contributed by atoms with van der Waals surface area (Å²) in [5, 5.41) is 0. The maximum Gasteiger partial charge on any atom is -0.0623 e. The Hall–Kier alpha value is -1.66. The summed E-state index contributed by atoms with van der Waals surface area (Å²) in [6.45, 7) is 20.0. The van der Waals surface area contributed by atoms with Crippen LogP contribution in [-0.2, 0) is 41.5 Å². The third-order valence-electron chi connectivity index (χ3n) is 6.54. The molecule has 0 aromatic heterocycles. The topological polar surface area (TPSA) is 0 Å². The van der Waals surface area contributed by atoms with E-state index in [0.717, 1.165) is 6.42 Å². The maximum atomic E-state index is 3.53. The molecule has 0 N–H and O–H groups in total. The minimum absolute atomic E-state index is 0. The van der Waals surface area contributed by atoms with Crippen molar-refractivity contribution in [3.63, 3.8) is 0 Å². The Morgan fingerprint density at radius 1 is 0.769 bits per heavy atom. The molecular weight excluding hydrogens is 595 g/mol. The second-order valence-corrected chi connectivity index (χ2v) is 14.8. The van der Waals surface area contributed by atoms with E-state index in [1.54, 1.807) is 24.2 Å². The molecule has 1 aliphatic rings. The standard InChI is InChI=1S/C21H25.C12H11.C3H6.2ClH.Zr/c1-20(2,3)16-9-7-14-11-15-8-10-17(21(4,5)6)13-19(15)18(14)12-16;1-10-7-8-12(9-10)11-5-3-2-4-6-11;1-3-2;;;/h7,9-10,12-13H,11H2,1-6H3;2-9H,1H3;1-2H3;2*1H;/q2*-1;;;;+2/p-2. The summed E-state index contributed by atoms with van der Waals surface area (Å²) in [7, 11) is 0. The summed E-state index contributed by atoms with van der Waals surface area (Å²) in [5.41, 5.74) is 12.7. The first-order valence-electron chi connectivity index (χ1n) is 13.2. The van der Waals surface area contributed by atoms with Gasteiger partial charge in [0.25, 0.3) is 0 Å². The van der Waals surface area contributed by atoms with Crippen molar-refractivity contribution in [3.8, 4) is 22.3 Å². The van der Waals surface area contributed by atoms with Crippen LogP contribution in [0.2, 0.25) is 0 Å². The fourth-order valence-corrected chi connectivity index (χ4v) is 4.36. The van der Waals surface area contributed by atoms with Gasteiger partial charge in [-0.25, -0.2) is 6.07 Å². The molecule has 1 aliphatic carbocycles. The van der Waals surface area contributed by atoms with Gasteiger partial charge in [0.15, 0.2) is 0 Å². The van der Waals surface area contributed by atoms with E-state index < -0.39 is 0 Å². The Labute approximate surface area is 265 Å². The molecular formula is C36H42Cl2Zr-2. The minimum Gasteiger partial charge on any atom is -1.00 e. The van der Waals surface area contributed by atoms with E-state index in [1.807, 2.05) is 6.07 Å². The smallest absolute Gasteiger partial charge is 0.0623 e. The molecule has 39 heavy (non-hydrogen) atoms. The molecule has 3 heteroatoms. The Balaban J connectivity index is 0.000000360. The SMILES string of the molecule is CC(C)(C)c1c[c-]c2c(c1)-c1cc(C(C)(C)C)ccc1C2.C[C](C)=[Zr+2].Cc1cc(-c2ccccc2)c[cH-]1.[Cl-].[Cl-]. The van der Waals surface area contributed by atoms with Crippen LogP contribution in [0.15, 0.2) is 78.9 Å². The Morgan fingerprint density at radius 2 is 1.33 bits per heavy atom. The van der Waals surface area contributed by atoms with E-state index >= 15 is 0 Å². The van der Waals surface area contributed by atoms with Crippen molar-refractivity contribution < 1.29 is 49.0 Å². The van der Waals surface area contributed by atoms with Crippen LogP contribution in [0.5, 0.6) is 0 Å². The third-order valence-corrected chi connectivity index (χ3v) is 6.54. The average molecular weight is 637 g/mol. The molecule has 0 saturated heterocycles. The summed E-state index contributed by atoms with van der Waals surface area (Å²) >= 11 is 1.55. The summed E-state index contributed by atoms with van der Waals surface area (Å²) in [4.78, 5) is 0. The molecule has 0 bridgehead atoms. The number of benzene rings is 3. The van der Waals surface area contributed by atoms with Crippen molar-refractivity contribution in [2.24, 2.45) is 0 Å². The van der Waals surface area contributed by atoms with E-state index in [4.69, 9.17) is 0 Å². The molecule has 206 valence electrons. The number of aryl methyl sites for hydroxylation is 1. The Morgan fingerprint density at radius 3 is 1.85 bits per heavy atom. The number of hydrogen-bond acceptors (Lipinski definition) is 0. The number of rotatable bonds is 1. The predicted molar refractivity (Wildman–Crippen MR) is 159 cm³/mol. The molecule has 0 amide bonds. The van der Waals surface area contributed by atoms with Crippen LogP contribution in [0.4, 0.5) is 0 Å². The number of fused-ring (bicyclic) bond motifs is 3. The third kappa shape index (κ3) is 10.0. The second kappa shape index (κ2) is 14.8. The molecule has 0 heterocycles. The summed E-state index contributed by atoms with van der Waals surface area (Å²) in [6.07, 6.45) is 1.03. The van der Waals surface area contributed by atoms with Crippen molar-refractivity contribution in [2.45, 2.75) is 79.6 Å². The summed E-state index contributed by atoms with van der Waals surface area (Å²) in [6, 6.07) is 32.0. The predicted octanol–water partition coefficient (Wildman–Crippen LogP) is 3.79. The average Bonchev–Trinajstić information content (AvgIpc) is 3.41. The fraction of sp³-hybridized carbons (Fsp3) is 0.333. The fourth-order valence-electron chi connectivity index (χ4n) is 4.36. The molecule has 4 aromatic rings. The van der Waals surface area contributed by atoms with Crippen LogP contribution in [0.25, 0.3) is 22.3 Å². The molecule has 0 nitrogen and oxygen atoms in total. The molecule has 0 spiro atoms. The zero-order valence-corrected chi connectivity index (χ0v) is 28.9. The van der Waals surface area contributed by atoms with Crippen molar-refractivity contribution in [2.75, 3.05) is 0 Å². The van der Waals surface area contributed by atoms with Crippen molar-refractivity contribution >= 4 is 3.21 Å². The van der Waals surface area contributed by atoms with Gasteiger partial charge < -0.3 is 24.8 Å². The van der Waals surface area contributed by atoms with Gasteiger partial charge in [0.05, 0.1) is 0 Å². The van der Waals surface area contributed by atoms with E-state index in [9.17, 15) is 0 Å². The Kier molecular flexibility index (Phi) is 13.4. The molecule has 0 radical (unpaired) electrons. The van der Waals surface area contributed by atoms with Crippen LogP contribution in [0.1, 0.15) is 83.2 Å². The van der Waals surface area contributed by atoms with Gasteiger partial charge in [0.2, 0.25) is 0 Å². The van der Waals surface area contributed by atoms with E-state index in [-0.39, 0.29) is 35.6 Å². The summed E-state index contributed by atoms with van der Waals surface area (Å²) in [5.74, 6) is 0. The largest absolute Gasteiger partial charge is 1.00 e. The minimum atomic E-state index is 0. The van der Waals surface area contributed by atoms with Gasteiger partial charge in [-0.2, -0.15) is 52.6 Å². The molecule has 0 saturated carbocycles. The quantitative estimate of drug-likeness (QED) is 0.246. The molecule has 0 unspecified atom stereocenters. The maximum absolute atomic E-state index is 3.53.